The molecule has 2 aromatic rings. The molecule has 0 saturated carbocycles. The molecule has 1 N–H and O–H groups in total. The largest absolute Gasteiger partial charge is 0.491 e. The van der Waals surface area contributed by atoms with Crippen LogP contribution in [0.5, 0.6) is 5.75 Å². The number of carbonyl (C=O) groups is 1. The van der Waals surface area contributed by atoms with Gasteiger partial charge in [-0.3, -0.25) is 9.59 Å². The molecule has 1 aromatic carbocycles. The number of aromatic amines is 1. The molecule has 6 heteroatoms. The standard InChI is InChI=1S/C19H19FN2O3/c1-25-18-12-21-16(11-17(18)23)19(24)22-7-5-13(6-8-22)9-14-3-2-4-15(20)10-14/h2-4,9-12H,5-8H2,1H3,(H,21,23). The molecule has 1 aliphatic rings. The number of H-pyrrole nitrogens is 1. The maximum Gasteiger partial charge on any atom is 0.270 e. The Morgan fingerprint density at radius 3 is 2.68 bits per heavy atom. The van der Waals surface area contributed by atoms with Gasteiger partial charge in [-0.25, -0.2) is 4.39 Å². The number of hydrogen-bond donors (Lipinski definition) is 1. The predicted octanol–water partition coefficient (Wildman–Crippen LogP) is 2.84. The number of rotatable bonds is 3. The first-order chi connectivity index (χ1) is 12.1. The molecule has 3 rings (SSSR count). The molecule has 0 aliphatic carbocycles. The van der Waals surface area contributed by atoms with Gasteiger partial charge in [0.2, 0.25) is 5.43 Å². The topological polar surface area (TPSA) is 62.4 Å². The summed E-state index contributed by atoms with van der Waals surface area (Å²) in [6, 6.07) is 7.71. The molecular weight excluding hydrogens is 323 g/mol. The van der Waals surface area contributed by atoms with E-state index in [9.17, 15) is 14.0 Å². The van der Waals surface area contributed by atoms with E-state index in [4.69, 9.17) is 4.74 Å². The smallest absolute Gasteiger partial charge is 0.270 e. The Labute approximate surface area is 144 Å². The average Bonchev–Trinajstić information content (AvgIpc) is 2.62. The Bertz CT molecular complexity index is 863. The minimum Gasteiger partial charge on any atom is -0.491 e. The highest BCUT2D eigenvalue weighted by Crippen LogP contribution is 2.21. The zero-order valence-corrected chi connectivity index (χ0v) is 13.9. The average molecular weight is 342 g/mol. The van der Waals surface area contributed by atoms with Gasteiger partial charge in [-0.1, -0.05) is 23.8 Å². The number of carbonyl (C=O) groups excluding carboxylic acids is 1. The van der Waals surface area contributed by atoms with Crippen molar-refractivity contribution in [1.29, 1.82) is 0 Å². The van der Waals surface area contributed by atoms with Gasteiger partial charge < -0.3 is 14.6 Å². The molecule has 1 aromatic heterocycles. The van der Waals surface area contributed by atoms with Crippen molar-refractivity contribution in [1.82, 2.24) is 9.88 Å². The molecule has 0 radical (unpaired) electrons. The van der Waals surface area contributed by atoms with Gasteiger partial charge in [-0.05, 0) is 30.5 Å². The van der Waals surface area contributed by atoms with E-state index in [1.165, 1.54) is 37.1 Å². The first-order valence-electron chi connectivity index (χ1n) is 8.08. The van der Waals surface area contributed by atoms with E-state index in [1.807, 2.05) is 12.1 Å². The molecule has 2 heterocycles. The van der Waals surface area contributed by atoms with Crippen LogP contribution in [0.2, 0.25) is 0 Å². The summed E-state index contributed by atoms with van der Waals surface area (Å²) in [5, 5.41) is 0. The summed E-state index contributed by atoms with van der Waals surface area (Å²) in [5.41, 5.74) is 1.93. The lowest BCUT2D eigenvalue weighted by atomic mass is 10.0. The second-order valence-corrected chi connectivity index (χ2v) is 5.93. The van der Waals surface area contributed by atoms with Crippen molar-refractivity contribution in [3.8, 4) is 5.75 Å². The molecule has 1 aliphatic heterocycles. The molecule has 1 saturated heterocycles. The van der Waals surface area contributed by atoms with Crippen LogP contribution in [0.3, 0.4) is 0 Å². The molecule has 1 amide bonds. The third-order valence-electron chi connectivity index (χ3n) is 4.24. The first-order valence-corrected chi connectivity index (χ1v) is 8.08. The maximum atomic E-state index is 13.2. The Kier molecular flexibility index (Phi) is 4.97. The van der Waals surface area contributed by atoms with Crippen LogP contribution in [0.4, 0.5) is 4.39 Å². The Morgan fingerprint density at radius 1 is 1.28 bits per heavy atom. The van der Waals surface area contributed by atoms with E-state index in [0.29, 0.717) is 13.1 Å². The van der Waals surface area contributed by atoms with Gasteiger partial charge in [0.15, 0.2) is 5.75 Å². The van der Waals surface area contributed by atoms with Crippen molar-refractivity contribution in [2.45, 2.75) is 12.8 Å². The molecule has 1 fully saturated rings. The summed E-state index contributed by atoms with van der Waals surface area (Å²) in [7, 11) is 1.41. The number of likely N-dealkylation sites (tertiary alicyclic amines) is 1. The lowest BCUT2D eigenvalue weighted by molar-refractivity contribution is 0.0738. The number of pyridine rings is 1. The summed E-state index contributed by atoms with van der Waals surface area (Å²) in [4.78, 5) is 28.8. The second-order valence-electron chi connectivity index (χ2n) is 5.93. The molecular formula is C19H19FN2O3. The van der Waals surface area contributed by atoms with Crippen molar-refractivity contribution in [2.24, 2.45) is 0 Å². The lowest BCUT2D eigenvalue weighted by Gasteiger charge is -2.28. The molecule has 0 unspecified atom stereocenters. The monoisotopic (exact) mass is 342 g/mol. The van der Waals surface area contributed by atoms with Crippen LogP contribution in [0.15, 0.2) is 46.9 Å². The Morgan fingerprint density at radius 2 is 2.04 bits per heavy atom. The second kappa shape index (κ2) is 7.34. The van der Waals surface area contributed by atoms with Gasteiger partial charge in [0, 0.05) is 25.4 Å². The fraction of sp³-hybridized carbons (Fsp3) is 0.263. The van der Waals surface area contributed by atoms with Crippen LogP contribution in [0.1, 0.15) is 28.9 Å². The number of ether oxygens (including phenoxy) is 1. The molecule has 0 bridgehead atoms. The van der Waals surface area contributed by atoms with E-state index in [2.05, 4.69) is 4.98 Å². The third kappa shape index (κ3) is 3.96. The number of piperidine rings is 1. The lowest BCUT2D eigenvalue weighted by Crippen LogP contribution is -2.37. The van der Waals surface area contributed by atoms with E-state index in [1.54, 1.807) is 11.0 Å². The van der Waals surface area contributed by atoms with Crippen LogP contribution in [-0.2, 0) is 0 Å². The number of nitrogens with one attached hydrogen (secondary N) is 1. The highest BCUT2D eigenvalue weighted by molar-refractivity contribution is 5.92. The first kappa shape index (κ1) is 17.0. The van der Waals surface area contributed by atoms with Gasteiger partial charge in [-0.15, -0.1) is 0 Å². The van der Waals surface area contributed by atoms with Crippen LogP contribution in [0, 0.1) is 5.82 Å². The van der Waals surface area contributed by atoms with E-state index >= 15 is 0 Å². The van der Waals surface area contributed by atoms with Gasteiger partial charge in [0.1, 0.15) is 11.5 Å². The number of amides is 1. The number of methoxy groups -OCH3 is 1. The summed E-state index contributed by atoms with van der Waals surface area (Å²) < 4.78 is 18.1. The van der Waals surface area contributed by atoms with Crippen molar-refractivity contribution >= 4 is 12.0 Å². The predicted molar refractivity (Wildman–Crippen MR) is 93.1 cm³/mol. The number of hydrogen-bond acceptors (Lipinski definition) is 3. The van der Waals surface area contributed by atoms with Crippen molar-refractivity contribution in [3.05, 3.63) is 69.4 Å². The Hall–Kier alpha value is -2.89. The summed E-state index contributed by atoms with van der Waals surface area (Å²) in [6.45, 7) is 1.13. The van der Waals surface area contributed by atoms with E-state index < -0.39 is 0 Å². The summed E-state index contributed by atoms with van der Waals surface area (Å²) >= 11 is 0. The van der Waals surface area contributed by atoms with Gasteiger partial charge in [-0.2, -0.15) is 0 Å². The zero-order valence-electron chi connectivity index (χ0n) is 13.9. The Balaban J connectivity index is 1.66. The number of nitrogens with zero attached hydrogens (tertiary/aromatic N) is 1. The van der Waals surface area contributed by atoms with Crippen LogP contribution in [0.25, 0.3) is 6.08 Å². The normalized spacial score (nSPS) is 14.3. The molecule has 130 valence electrons. The SMILES string of the molecule is COc1c[nH]c(C(=O)N2CCC(=Cc3cccc(F)c3)CC2)cc1=O. The van der Waals surface area contributed by atoms with Crippen LogP contribution < -0.4 is 10.2 Å². The molecule has 25 heavy (non-hydrogen) atoms. The number of halogens is 1. The molecule has 5 nitrogen and oxygen atoms in total. The fourth-order valence-corrected chi connectivity index (χ4v) is 2.89. The van der Waals surface area contributed by atoms with Crippen molar-refractivity contribution in [3.63, 3.8) is 0 Å². The third-order valence-corrected chi connectivity index (χ3v) is 4.24. The van der Waals surface area contributed by atoms with Crippen molar-refractivity contribution < 1.29 is 13.9 Å². The molecule has 0 spiro atoms. The highest BCUT2D eigenvalue weighted by Gasteiger charge is 2.21. The van der Waals surface area contributed by atoms with Crippen LogP contribution in [-0.4, -0.2) is 36.0 Å². The number of benzene rings is 1. The van der Waals surface area contributed by atoms with E-state index in [0.717, 1.165) is 18.4 Å². The minimum absolute atomic E-state index is 0.176. The summed E-state index contributed by atoms with van der Waals surface area (Å²) in [6.07, 6.45) is 4.82. The fourth-order valence-electron chi connectivity index (χ4n) is 2.89. The minimum atomic E-state index is -0.326. The number of aromatic nitrogens is 1. The van der Waals surface area contributed by atoms with Gasteiger partial charge in [0.25, 0.3) is 5.91 Å². The summed E-state index contributed by atoms with van der Waals surface area (Å²) in [5.74, 6) is -0.287. The van der Waals surface area contributed by atoms with Gasteiger partial charge >= 0.3 is 0 Å². The van der Waals surface area contributed by atoms with Crippen LogP contribution >= 0.6 is 0 Å². The van der Waals surface area contributed by atoms with E-state index in [-0.39, 0.29) is 28.6 Å². The highest BCUT2D eigenvalue weighted by atomic mass is 19.1. The molecule has 0 atom stereocenters. The quantitative estimate of drug-likeness (QED) is 0.933. The van der Waals surface area contributed by atoms with Gasteiger partial charge in [0.05, 0.1) is 7.11 Å². The zero-order chi connectivity index (χ0) is 17.8. The van der Waals surface area contributed by atoms with Crippen molar-refractivity contribution in [2.75, 3.05) is 20.2 Å². The maximum absolute atomic E-state index is 13.2.